The van der Waals surface area contributed by atoms with Gasteiger partial charge >= 0.3 is 0 Å². The van der Waals surface area contributed by atoms with Gasteiger partial charge in [0.25, 0.3) is 5.91 Å². The normalized spacial score (nSPS) is 11.8. The number of amides is 2. The van der Waals surface area contributed by atoms with Crippen LogP contribution in [0.25, 0.3) is 6.08 Å². The van der Waals surface area contributed by atoms with E-state index in [1.54, 1.807) is 0 Å². The number of rotatable bonds is 7. The number of nitrogens with one attached hydrogen (secondary N) is 3. The molecule has 1 aromatic heterocycles. The number of hydrogen-bond donors (Lipinski definition) is 4. The molecule has 25 heavy (non-hydrogen) atoms. The number of hydroxylamine groups is 1. The monoisotopic (exact) mass is 341 g/mol. The van der Waals surface area contributed by atoms with Crippen LogP contribution in [0.4, 0.5) is 11.5 Å². The first-order chi connectivity index (χ1) is 12.1. The van der Waals surface area contributed by atoms with Gasteiger partial charge in [0.1, 0.15) is 11.9 Å². The van der Waals surface area contributed by atoms with Gasteiger partial charge in [-0.3, -0.25) is 19.8 Å². The van der Waals surface area contributed by atoms with E-state index in [1.165, 1.54) is 23.9 Å². The van der Waals surface area contributed by atoms with Crippen LogP contribution in [0.2, 0.25) is 0 Å². The van der Waals surface area contributed by atoms with Crippen molar-refractivity contribution < 1.29 is 14.8 Å². The Morgan fingerprint density at radius 1 is 1.20 bits per heavy atom. The van der Waals surface area contributed by atoms with Gasteiger partial charge in [0.2, 0.25) is 5.91 Å². The third kappa shape index (κ3) is 5.70. The summed E-state index contributed by atoms with van der Waals surface area (Å²) in [6, 6.07) is 8.73. The first-order valence-corrected chi connectivity index (χ1v) is 7.69. The maximum atomic E-state index is 12.3. The van der Waals surface area contributed by atoms with Crippen LogP contribution in [0.15, 0.2) is 48.8 Å². The molecule has 0 unspecified atom stereocenters. The predicted molar refractivity (Wildman–Crippen MR) is 93.8 cm³/mol. The first kappa shape index (κ1) is 18.1. The highest BCUT2D eigenvalue weighted by molar-refractivity contribution is 5.96. The Morgan fingerprint density at radius 2 is 1.96 bits per heavy atom. The van der Waals surface area contributed by atoms with Crippen molar-refractivity contribution in [3.8, 4) is 0 Å². The first-order valence-electron chi connectivity index (χ1n) is 7.69. The molecule has 0 aliphatic carbocycles. The summed E-state index contributed by atoms with van der Waals surface area (Å²) >= 11 is 0. The molecule has 0 aliphatic heterocycles. The van der Waals surface area contributed by atoms with E-state index in [9.17, 15) is 9.59 Å². The van der Waals surface area contributed by atoms with E-state index in [1.807, 2.05) is 37.3 Å². The van der Waals surface area contributed by atoms with Crippen LogP contribution in [-0.2, 0) is 9.59 Å². The maximum absolute atomic E-state index is 12.3. The lowest BCUT2D eigenvalue weighted by Gasteiger charge is -2.17. The highest BCUT2D eigenvalue weighted by Gasteiger charge is 2.16. The standard InChI is InChI=1S/C17H19N5O3/c1-2-14(17(24)20-12-6-4-3-5-7-12)21-15-11-18-13(10-19-15)8-9-16(23)22-25/h3-11,14,25H,2H2,1H3,(H,19,21)(H,20,24)(H,22,23)/t14-/m1/s1. The Bertz CT molecular complexity index is 732. The fourth-order valence-electron chi connectivity index (χ4n) is 1.98. The van der Waals surface area contributed by atoms with E-state index >= 15 is 0 Å². The Morgan fingerprint density at radius 3 is 2.56 bits per heavy atom. The van der Waals surface area contributed by atoms with Gasteiger partial charge < -0.3 is 10.6 Å². The molecule has 2 rings (SSSR count). The Labute approximate surface area is 145 Å². The minimum absolute atomic E-state index is 0.168. The van der Waals surface area contributed by atoms with Gasteiger partial charge in [0.05, 0.1) is 18.1 Å². The number of carbonyl (C=O) groups excluding carboxylic acids is 2. The zero-order valence-electron chi connectivity index (χ0n) is 13.6. The molecule has 0 fully saturated rings. The minimum atomic E-state index is -0.660. The van der Waals surface area contributed by atoms with Crippen molar-refractivity contribution in [3.05, 3.63) is 54.5 Å². The molecule has 2 aromatic rings. The van der Waals surface area contributed by atoms with Crippen molar-refractivity contribution >= 4 is 29.4 Å². The average Bonchev–Trinajstić information content (AvgIpc) is 2.65. The van der Waals surface area contributed by atoms with Crippen LogP contribution >= 0.6 is 0 Å². The van der Waals surface area contributed by atoms with E-state index in [4.69, 9.17) is 5.21 Å². The van der Waals surface area contributed by atoms with Gasteiger partial charge in [-0.05, 0) is 24.6 Å². The van der Waals surface area contributed by atoms with Crippen molar-refractivity contribution in [3.63, 3.8) is 0 Å². The lowest BCUT2D eigenvalue weighted by molar-refractivity contribution is -0.124. The average molecular weight is 341 g/mol. The van der Waals surface area contributed by atoms with Crippen molar-refractivity contribution in [2.45, 2.75) is 19.4 Å². The van der Waals surface area contributed by atoms with Gasteiger partial charge in [-0.15, -0.1) is 0 Å². The van der Waals surface area contributed by atoms with Gasteiger partial charge in [-0.1, -0.05) is 25.1 Å². The predicted octanol–water partition coefficient (Wildman–Crippen LogP) is 1.82. The number of hydrogen-bond acceptors (Lipinski definition) is 6. The lowest BCUT2D eigenvalue weighted by atomic mass is 10.2. The molecule has 1 atom stereocenters. The molecule has 2 amide bonds. The zero-order chi connectivity index (χ0) is 18.1. The number of nitrogens with zero attached hydrogens (tertiary/aromatic N) is 2. The third-order valence-electron chi connectivity index (χ3n) is 3.28. The van der Waals surface area contributed by atoms with Crippen LogP contribution in [0, 0.1) is 0 Å². The van der Waals surface area contributed by atoms with E-state index in [0.29, 0.717) is 17.9 Å². The SMILES string of the molecule is CC[C@@H](Nc1cnc(C=CC(=O)NO)cn1)C(=O)Nc1ccccc1. The van der Waals surface area contributed by atoms with E-state index < -0.39 is 11.9 Å². The zero-order valence-corrected chi connectivity index (χ0v) is 13.6. The van der Waals surface area contributed by atoms with Crippen LogP contribution < -0.4 is 16.1 Å². The summed E-state index contributed by atoms with van der Waals surface area (Å²) in [6.07, 6.45) is 6.01. The van der Waals surface area contributed by atoms with Gasteiger partial charge in [-0.2, -0.15) is 0 Å². The molecule has 0 saturated heterocycles. The van der Waals surface area contributed by atoms with E-state index in [-0.39, 0.29) is 5.91 Å². The van der Waals surface area contributed by atoms with Crippen molar-refractivity contribution in [1.82, 2.24) is 15.4 Å². The Hall–Kier alpha value is -3.26. The van der Waals surface area contributed by atoms with Crippen molar-refractivity contribution in [2.24, 2.45) is 0 Å². The van der Waals surface area contributed by atoms with Crippen molar-refractivity contribution in [1.29, 1.82) is 0 Å². The van der Waals surface area contributed by atoms with E-state index in [2.05, 4.69) is 20.6 Å². The second kappa shape index (κ2) is 9.14. The fourth-order valence-corrected chi connectivity index (χ4v) is 1.98. The second-order valence-electron chi connectivity index (χ2n) is 5.10. The quantitative estimate of drug-likeness (QED) is 0.347. The molecule has 8 heteroatoms. The number of carbonyl (C=O) groups is 2. The van der Waals surface area contributed by atoms with Crippen LogP contribution in [0.5, 0.6) is 0 Å². The molecule has 0 saturated carbocycles. The van der Waals surface area contributed by atoms with Gasteiger partial charge in [0.15, 0.2) is 0 Å². The summed E-state index contributed by atoms with van der Waals surface area (Å²) in [5.41, 5.74) is 2.65. The molecule has 8 nitrogen and oxygen atoms in total. The minimum Gasteiger partial charge on any atom is -0.357 e. The molecule has 0 aliphatic rings. The molecular weight excluding hydrogens is 322 g/mol. The largest absolute Gasteiger partial charge is 0.357 e. The van der Waals surface area contributed by atoms with Crippen molar-refractivity contribution in [2.75, 3.05) is 10.6 Å². The Kier molecular flexibility index (Phi) is 6.61. The summed E-state index contributed by atoms with van der Waals surface area (Å²) in [6.45, 7) is 1.89. The van der Waals surface area contributed by atoms with Crippen LogP contribution in [0.1, 0.15) is 19.0 Å². The fraction of sp³-hybridized carbons (Fsp3) is 0.176. The molecule has 0 spiro atoms. The number of aromatic nitrogens is 2. The van der Waals surface area contributed by atoms with Gasteiger partial charge in [0, 0.05) is 11.8 Å². The highest BCUT2D eigenvalue weighted by atomic mass is 16.5. The van der Waals surface area contributed by atoms with Gasteiger partial charge in [-0.25, -0.2) is 10.5 Å². The molecule has 1 heterocycles. The summed E-state index contributed by atoms with van der Waals surface area (Å²) < 4.78 is 0. The third-order valence-corrected chi connectivity index (χ3v) is 3.28. The number of benzene rings is 1. The van der Waals surface area contributed by atoms with E-state index in [0.717, 1.165) is 11.8 Å². The molecule has 1 aromatic carbocycles. The van der Waals surface area contributed by atoms with Crippen LogP contribution in [-0.4, -0.2) is 33.0 Å². The smallest absolute Gasteiger partial charge is 0.267 e. The highest BCUT2D eigenvalue weighted by Crippen LogP contribution is 2.10. The summed E-state index contributed by atoms with van der Waals surface area (Å²) in [7, 11) is 0. The molecule has 0 radical (unpaired) electrons. The molecular formula is C17H19N5O3. The lowest BCUT2D eigenvalue weighted by Crippen LogP contribution is -2.34. The number of para-hydroxylation sites is 1. The Balaban J connectivity index is 1.97. The molecule has 4 N–H and O–H groups in total. The summed E-state index contributed by atoms with van der Waals surface area (Å²) in [5, 5.41) is 14.3. The summed E-state index contributed by atoms with van der Waals surface area (Å²) in [5.74, 6) is -0.384. The maximum Gasteiger partial charge on any atom is 0.267 e. The molecule has 130 valence electrons. The topological polar surface area (TPSA) is 116 Å². The number of anilines is 2. The van der Waals surface area contributed by atoms with Crippen LogP contribution in [0.3, 0.4) is 0 Å². The molecule has 0 bridgehead atoms. The second-order valence-corrected chi connectivity index (χ2v) is 5.10. The summed E-state index contributed by atoms with van der Waals surface area (Å²) in [4.78, 5) is 31.5.